The fraction of sp³-hybridized carbons (Fsp3) is 0.500. The molecule has 0 amide bonds. The van der Waals surface area contributed by atoms with Gasteiger partial charge in [-0.15, -0.1) is 0 Å². The second-order valence-corrected chi connectivity index (χ2v) is 13.2. The molecule has 1 atom stereocenters. The molecule has 0 saturated heterocycles. The number of rotatable bonds is 10. The number of ether oxygens (including phenoxy) is 1. The van der Waals surface area contributed by atoms with Gasteiger partial charge in [0.1, 0.15) is 5.60 Å². The number of benzene rings is 1. The van der Waals surface area contributed by atoms with Gasteiger partial charge in [0.25, 0.3) is 0 Å². The Morgan fingerprint density at radius 3 is 2.15 bits per heavy atom. The van der Waals surface area contributed by atoms with Gasteiger partial charge in [-0.2, -0.15) is 0 Å². The first-order valence-corrected chi connectivity index (χ1v) is 13.0. The Morgan fingerprint density at radius 2 is 1.65 bits per heavy atom. The van der Waals surface area contributed by atoms with Crippen LogP contribution in [-0.4, -0.2) is 20.2 Å². The molecule has 2 rings (SSSR count). The van der Waals surface area contributed by atoms with Crippen molar-refractivity contribution in [2.45, 2.75) is 63.4 Å². The zero-order chi connectivity index (χ0) is 19.0. The van der Waals surface area contributed by atoms with Crippen LogP contribution in [0.3, 0.4) is 0 Å². The van der Waals surface area contributed by atoms with Crippen LogP contribution in [0.15, 0.2) is 48.7 Å². The van der Waals surface area contributed by atoms with Crippen molar-refractivity contribution < 1.29 is 4.74 Å². The smallest absolute Gasteiger partial charge is 0.134 e. The lowest BCUT2D eigenvalue weighted by Gasteiger charge is -2.35. The third-order valence-electron chi connectivity index (χ3n) is 6.22. The Morgan fingerprint density at radius 1 is 1.00 bits per heavy atom. The average Bonchev–Trinajstić information content (AvgIpc) is 2.70. The Kier molecular flexibility index (Phi) is 7.87. The number of pyridine rings is 1. The third kappa shape index (κ3) is 4.57. The normalized spacial score (nSPS) is 14.2. The predicted octanol–water partition coefficient (Wildman–Crippen LogP) is 6.91. The van der Waals surface area contributed by atoms with Crippen LogP contribution < -0.4 is 0 Å². The number of hydrogen-bond donors (Lipinski definition) is 0. The fourth-order valence-corrected chi connectivity index (χ4v) is 7.67. The molecule has 0 spiro atoms. The Balaban J connectivity index is 2.33. The molecule has 1 aromatic heterocycles. The van der Waals surface area contributed by atoms with E-state index in [1.165, 1.54) is 24.2 Å². The van der Waals surface area contributed by atoms with Gasteiger partial charge in [-0.25, -0.2) is 0 Å². The van der Waals surface area contributed by atoms with Crippen molar-refractivity contribution in [3.63, 3.8) is 0 Å². The monoisotopic (exact) mass is 389 g/mol. The standard InChI is InChI=1S/C22H32ClNOSi/c1-5-26(6-2,7-3)18-10-16-22(25-4,21-11-8-9-17-24-21)19-12-14-20(23)15-13-19/h8-9,11-15,17H,5-7,10,16,18H2,1-4H3. The lowest BCUT2D eigenvalue weighted by Crippen LogP contribution is -2.34. The van der Waals surface area contributed by atoms with E-state index >= 15 is 0 Å². The molecule has 0 aliphatic carbocycles. The van der Waals surface area contributed by atoms with Crippen LogP contribution in [0.1, 0.15) is 44.9 Å². The molecule has 0 aliphatic heterocycles. The molecule has 0 bridgehead atoms. The molecule has 2 aromatic rings. The van der Waals surface area contributed by atoms with Gasteiger partial charge in [0.15, 0.2) is 0 Å². The van der Waals surface area contributed by atoms with Crippen LogP contribution in [0.5, 0.6) is 0 Å². The molecular weight excluding hydrogens is 358 g/mol. The summed E-state index contributed by atoms with van der Waals surface area (Å²) in [4.78, 5) is 4.65. The number of aromatic nitrogens is 1. The summed E-state index contributed by atoms with van der Waals surface area (Å²) in [6.07, 6.45) is 3.95. The molecule has 2 nitrogen and oxygen atoms in total. The van der Waals surface area contributed by atoms with E-state index in [4.69, 9.17) is 16.3 Å². The highest BCUT2D eigenvalue weighted by molar-refractivity contribution is 6.79. The van der Waals surface area contributed by atoms with E-state index in [0.717, 1.165) is 29.1 Å². The lowest BCUT2D eigenvalue weighted by molar-refractivity contribution is 0.0101. The molecular formula is C22H32ClNOSi. The van der Waals surface area contributed by atoms with Crippen molar-refractivity contribution >= 4 is 19.7 Å². The van der Waals surface area contributed by atoms with Crippen LogP contribution in [-0.2, 0) is 10.3 Å². The van der Waals surface area contributed by atoms with Crippen LogP contribution in [0, 0.1) is 0 Å². The highest BCUT2D eigenvalue weighted by Gasteiger charge is 2.36. The highest BCUT2D eigenvalue weighted by Crippen LogP contribution is 2.39. The molecule has 1 aromatic carbocycles. The maximum atomic E-state index is 6.18. The summed E-state index contributed by atoms with van der Waals surface area (Å²) in [5, 5.41) is 0.745. The lowest BCUT2D eigenvalue weighted by atomic mass is 9.85. The minimum atomic E-state index is -1.14. The van der Waals surface area contributed by atoms with Crippen LogP contribution >= 0.6 is 11.6 Å². The Labute approximate surface area is 165 Å². The van der Waals surface area contributed by atoms with E-state index in [9.17, 15) is 0 Å². The van der Waals surface area contributed by atoms with E-state index in [0.29, 0.717) is 0 Å². The van der Waals surface area contributed by atoms with Gasteiger partial charge < -0.3 is 4.74 Å². The van der Waals surface area contributed by atoms with E-state index < -0.39 is 13.7 Å². The predicted molar refractivity (Wildman–Crippen MR) is 115 cm³/mol. The van der Waals surface area contributed by atoms with Crippen molar-refractivity contribution in [2.24, 2.45) is 0 Å². The maximum Gasteiger partial charge on any atom is 0.134 e. The van der Waals surface area contributed by atoms with E-state index in [2.05, 4.69) is 44.0 Å². The van der Waals surface area contributed by atoms with E-state index in [1.807, 2.05) is 30.5 Å². The molecule has 0 saturated carbocycles. The summed E-state index contributed by atoms with van der Waals surface area (Å²) < 4.78 is 6.18. The van der Waals surface area contributed by atoms with Gasteiger partial charge in [-0.05, 0) is 36.2 Å². The summed E-state index contributed by atoms with van der Waals surface area (Å²) in [5.74, 6) is 0. The summed E-state index contributed by atoms with van der Waals surface area (Å²) >= 11 is 6.12. The maximum absolute atomic E-state index is 6.18. The summed E-state index contributed by atoms with van der Waals surface area (Å²) in [7, 11) is 0.661. The number of hydrogen-bond acceptors (Lipinski definition) is 2. The fourth-order valence-electron chi connectivity index (χ4n) is 4.06. The molecule has 0 fully saturated rings. The molecule has 1 heterocycles. The summed E-state index contributed by atoms with van der Waals surface area (Å²) in [5.41, 5.74) is 1.59. The summed E-state index contributed by atoms with van der Waals surface area (Å²) in [6, 6.07) is 19.5. The van der Waals surface area contributed by atoms with Crippen molar-refractivity contribution in [3.8, 4) is 0 Å². The van der Waals surface area contributed by atoms with Gasteiger partial charge in [0.2, 0.25) is 0 Å². The van der Waals surface area contributed by atoms with E-state index in [1.54, 1.807) is 7.11 Å². The van der Waals surface area contributed by atoms with Gasteiger partial charge in [-0.1, -0.05) is 81.2 Å². The van der Waals surface area contributed by atoms with Crippen molar-refractivity contribution in [2.75, 3.05) is 7.11 Å². The van der Waals surface area contributed by atoms with Gasteiger partial charge >= 0.3 is 0 Å². The first-order valence-electron chi connectivity index (χ1n) is 9.78. The molecule has 0 radical (unpaired) electrons. The van der Waals surface area contributed by atoms with Crippen molar-refractivity contribution in [3.05, 3.63) is 64.9 Å². The van der Waals surface area contributed by atoms with Gasteiger partial charge in [-0.3, -0.25) is 4.98 Å². The Hall–Kier alpha value is -1.16. The summed E-state index contributed by atoms with van der Waals surface area (Å²) in [6.45, 7) is 7.13. The average molecular weight is 390 g/mol. The molecule has 1 unspecified atom stereocenters. The molecule has 4 heteroatoms. The highest BCUT2D eigenvalue weighted by atomic mass is 35.5. The second kappa shape index (κ2) is 9.68. The van der Waals surface area contributed by atoms with E-state index in [-0.39, 0.29) is 0 Å². The van der Waals surface area contributed by atoms with Gasteiger partial charge in [0, 0.05) is 18.3 Å². The molecule has 26 heavy (non-hydrogen) atoms. The topological polar surface area (TPSA) is 22.1 Å². The van der Waals surface area contributed by atoms with Crippen molar-refractivity contribution in [1.82, 2.24) is 4.98 Å². The first-order chi connectivity index (χ1) is 12.6. The minimum absolute atomic E-state index is 0.513. The van der Waals surface area contributed by atoms with Crippen molar-refractivity contribution in [1.29, 1.82) is 0 Å². The first kappa shape index (κ1) is 21.1. The largest absolute Gasteiger partial charge is 0.367 e. The molecule has 0 N–H and O–H groups in total. The quantitative estimate of drug-likeness (QED) is 0.411. The van der Waals surface area contributed by atoms with Gasteiger partial charge in [0.05, 0.1) is 13.8 Å². The number of nitrogens with zero attached hydrogens (tertiary/aromatic N) is 1. The minimum Gasteiger partial charge on any atom is -0.367 e. The van der Waals surface area contributed by atoms with Crippen LogP contribution in [0.25, 0.3) is 0 Å². The number of halogens is 1. The van der Waals surface area contributed by atoms with Crippen LogP contribution in [0.4, 0.5) is 0 Å². The second-order valence-electron chi connectivity index (χ2n) is 7.17. The molecule has 142 valence electrons. The zero-order valence-corrected chi connectivity index (χ0v) is 18.4. The zero-order valence-electron chi connectivity index (χ0n) is 16.6. The number of methoxy groups -OCH3 is 1. The van der Waals surface area contributed by atoms with Crippen LogP contribution in [0.2, 0.25) is 29.2 Å². The Bertz CT molecular complexity index is 649. The molecule has 0 aliphatic rings. The SMILES string of the molecule is CC[Si](CC)(CC)CCCC(OC)(c1ccc(Cl)cc1)c1ccccn1. The third-order valence-corrected chi connectivity index (χ3v) is 12.4.